The number of fused-ring (bicyclic) bond motifs is 1. The van der Waals surface area contributed by atoms with Crippen molar-refractivity contribution in [2.24, 2.45) is 0 Å². The van der Waals surface area contributed by atoms with Gasteiger partial charge in [-0.3, -0.25) is 0 Å². The predicted molar refractivity (Wildman–Crippen MR) is 91.2 cm³/mol. The maximum atomic E-state index is 12.2. The molecule has 0 saturated heterocycles. The lowest BCUT2D eigenvalue weighted by Gasteiger charge is -2.22. The summed E-state index contributed by atoms with van der Waals surface area (Å²) in [6, 6.07) is 7.22. The van der Waals surface area contributed by atoms with Gasteiger partial charge in [-0.25, -0.2) is 13.9 Å². The molecule has 21 heavy (non-hydrogen) atoms. The van der Waals surface area contributed by atoms with E-state index in [4.69, 9.17) is 23.2 Å². The highest BCUT2D eigenvalue weighted by molar-refractivity contribution is 7.84. The summed E-state index contributed by atoms with van der Waals surface area (Å²) in [5.74, 6) is 0. The lowest BCUT2D eigenvalue weighted by molar-refractivity contribution is 0.616. The molecule has 0 spiro atoms. The minimum atomic E-state index is -1.18. The molecule has 0 radical (unpaired) electrons. The number of aromatic nitrogens is 1. The van der Waals surface area contributed by atoms with Crippen LogP contribution in [0.15, 0.2) is 24.3 Å². The quantitative estimate of drug-likeness (QED) is 0.823. The zero-order valence-corrected chi connectivity index (χ0v) is 14.7. The lowest BCUT2D eigenvalue weighted by Crippen LogP contribution is -2.34. The van der Waals surface area contributed by atoms with E-state index in [1.54, 1.807) is 6.07 Å². The number of hydrogen-bond donors (Lipinski definition) is 1. The molecule has 0 aliphatic carbocycles. The maximum Gasteiger partial charge on any atom is 0.134 e. The molecule has 1 N–H and O–H groups in total. The number of nitrogens with one attached hydrogen (secondary N) is 1. The van der Waals surface area contributed by atoms with Gasteiger partial charge in [0, 0.05) is 22.0 Å². The Hall–Kier alpha value is -0.680. The summed E-state index contributed by atoms with van der Waals surface area (Å²) in [6.45, 7) is 7.68. The third-order valence-corrected chi connectivity index (χ3v) is 5.28. The molecule has 0 fully saturated rings. The Morgan fingerprint density at radius 1 is 1.24 bits per heavy atom. The highest BCUT2D eigenvalue weighted by Gasteiger charge is 2.23. The number of nitrogens with zero attached hydrogens (tertiary/aromatic N) is 1. The van der Waals surface area contributed by atoms with Crippen molar-refractivity contribution in [2.75, 3.05) is 0 Å². The molecule has 0 amide bonds. The fourth-order valence-electron chi connectivity index (χ4n) is 1.84. The maximum absolute atomic E-state index is 12.2. The van der Waals surface area contributed by atoms with E-state index in [0.29, 0.717) is 10.2 Å². The molecule has 0 saturated carbocycles. The van der Waals surface area contributed by atoms with Crippen LogP contribution in [-0.2, 0) is 11.0 Å². The lowest BCUT2D eigenvalue weighted by atomic mass is 10.1. The minimum absolute atomic E-state index is 0.173. The van der Waals surface area contributed by atoms with Gasteiger partial charge < -0.3 is 0 Å². The van der Waals surface area contributed by atoms with E-state index < -0.39 is 11.0 Å². The van der Waals surface area contributed by atoms with Crippen molar-refractivity contribution >= 4 is 45.1 Å². The second-order valence-electron chi connectivity index (χ2n) is 5.93. The van der Waals surface area contributed by atoms with Gasteiger partial charge in [0.15, 0.2) is 0 Å². The summed E-state index contributed by atoms with van der Waals surface area (Å²) in [7, 11) is -1.18. The standard InChI is InChI=1S/C15H18Cl2N2OS/c1-9(19-21(20)15(2,3)4)12-8-10-7-11(16)5-6-13(10)18-14(12)17/h5-9,19H,1-4H3/t9-,21-/m1/s1. The smallest absolute Gasteiger partial charge is 0.134 e. The van der Waals surface area contributed by atoms with Crippen LogP contribution in [0.3, 0.4) is 0 Å². The van der Waals surface area contributed by atoms with Crippen molar-refractivity contribution in [1.82, 2.24) is 9.71 Å². The van der Waals surface area contributed by atoms with Crippen LogP contribution in [0.2, 0.25) is 10.2 Å². The van der Waals surface area contributed by atoms with E-state index in [1.807, 2.05) is 45.9 Å². The monoisotopic (exact) mass is 344 g/mol. The number of pyridine rings is 1. The van der Waals surface area contributed by atoms with Crippen LogP contribution in [-0.4, -0.2) is 13.9 Å². The van der Waals surface area contributed by atoms with Crippen LogP contribution >= 0.6 is 23.2 Å². The summed E-state index contributed by atoms with van der Waals surface area (Å²) in [6.07, 6.45) is 0. The molecule has 1 aromatic carbocycles. The molecule has 6 heteroatoms. The number of halogens is 2. The van der Waals surface area contributed by atoms with E-state index in [-0.39, 0.29) is 10.8 Å². The fourth-order valence-corrected chi connectivity index (χ4v) is 3.14. The number of benzene rings is 1. The van der Waals surface area contributed by atoms with E-state index in [9.17, 15) is 4.21 Å². The van der Waals surface area contributed by atoms with Crippen LogP contribution in [0.5, 0.6) is 0 Å². The molecule has 1 heterocycles. The van der Waals surface area contributed by atoms with Crippen LogP contribution in [0.4, 0.5) is 0 Å². The molecule has 3 nitrogen and oxygen atoms in total. The van der Waals surface area contributed by atoms with E-state index in [0.717, 1.165) is 16.5 Å². The summed E-state index contributed by atoms with van der Waals surface area (Å²) in [5.41, 5.74) is 1.60. The topological polar surface area (TPSA) is 42.0 Å². The van der Waals surface area contributed by atoms with Gasteiger partial charge in [-0.1, -0.05) is 23.2 Å². The molecular formula is C15H18Cl2N2OS. The van der Waals surface area contributed by atoms with Crippen molar-refractivity contribution in [1.29, 1.82) is 0 Å². The summed E-state index contributed by atoms with van der Waals surface area (Å²) in [5, 5.41) is 1.98. The van der Waals surface area contributed by atoms with Crippen molar-refractivity contribution in [2.45, 2.75) is 38.5 Å². The number of hydrogen-bond acceptors (Lipinski definition) is 2. The van der Waals surface area contributed by atoms with Gasteiger partial charge in [0.1, 0.15) is 5.15 Å². The predicted octanol–water partition coefficient (Wildman–Crippen LogP) is 4.65. The van der Waals surface area contributed by atoms with Crippen molar-refractivity contribution in [3.8, 4) is 0 Å². The first-order chi connectivity index (χ1) is 9.68. The van der Waals surface area contributed by atoms with Gasteiger partial charge in [-0.2, -0.15) is 0 Å². The van der Waals surface area contributed by atoms with Crippen LogP contribution in [0, 0.1) is 0 Å². The highest BCUT2D eigenvalue weighted by Crippen LogP contribution is 2.28. The Labute approximate surface area is 137 Å². The normalized spacial score (nSPS) is 15.1. The molecule has 114 valence electrons. The van der Waals surface area contributed by atoms with Gasteiger partial charge >= 0.3 is 0 Å². The SMILES string of the molecule is C[C@@H](N[S@](=O)C(C)(C)C)c1cc2cc(Cl)ccc2nc1Cl. The van der Waals surface area contributed by atoms with Crippen LogP contribution < -0.4 is 4.72 Å². The van der Waals surface area contributed by atoms with Gasteiger partial charge in [-0.05, 0) is 52.0 Å². The molecule has 2 rings (SSSR count). The van der Waals surface area contributed by atoms with Crippen molar-refractivity contribution < 1.29 is 4.21 Å². The van der Waals surface area contributed by atoms with E-state index in [2.05, 4.69) is 9.71 Å². The largest absolute Gasteiger partial charge is 0.242 e. The summed E-state index contributed by atoms with van der Waals surface area (Å²) in [4.78, 5) is 4.38. The summed E-state index contributed by atoms with van der Waals surface area (Å²) >= 11 is 12.3. The van der Waals surface area contributed by atoms with Gasteiger partial charge in [0.2, 0.25) is 0 Å². The third-order valence-electron chi connectivity index (χ3n) is 3.06. The Balaban J connectivity index is 2.37. The Bertz CT molecular complexity index is 698. The Morgan fingerprint density at radius 2 is 1.90 bits per heavy atom. The molecular weight excluding hydrogens is 327 g/mol. The van der Waals surface area contributed by atoms with E-state index in [1.165, 1.54) is 0 Å². The van der Waals surface area contributed by atoms with Crippen LogP contribution in [0.1, 0.15) is 39.3 Å². The first-order valence-electron chi connectivity index (χ1n) is 6.62. The molecule has 0 aliphatic rings. The molecule has 0 aliphatic heterocycles. The molecule has 0 unspecified atom stereocenters. The average molecular weight is 345 g/mol. The first kappa shape index (κ1) is 16.7. The third kappa shape index (κ3) is 3.95. The molecule has 0 bridgehead atoms. The minimum Gasteiger partial charge on any atom is -0.242 e. The molecule has 2 atom stereocenters. The zero-order valence-electron chi connectivity index (χ0n) is 12.4. The average Bonchev–Trinajstić information content (AvgIpc) is 2.37. The van der Waals surface area contributed by atoms with Crippen molar-refractivity contribution in [3.05, 3.63) is 40.0 Å². The zero-order chi connectivity index (χ0) is 15.8. The molecule has 2 aromatic rings. The van der Waals surface area contributed by atoms with E-state index >= 15 is 0 Å². The van der Waals surface area contributed by atoms with Gasteiger partial charge in [-0.15, -0.1) is 0 Å². The Kier molecular flexibility index (Phi) is 4.93. The second-order valence-corrected chi connectivity index (χ2v) is 8.72. The highest BCUT2D eigenvalue weighted by atomic mass is 35.5. The number of rotatable bonds is 3. The fraction of sp³-hybridized carbons (Fsp3) is 0.400. The first-order valence-corrected chi connectivity index (χ1v) is 8.53. The van der Waals surface area contributed by atoms with Crippen LogP contribution in [0.25, 0.3) is 10.9 Å². The second kappa shape index (κ2) is 6.21. The van der Waals surface area contributed by atoms with Crippen molar-refractivity contribution in [3.63, 3.8) is 0 Å². The summed E-state index contributed by atoms with van der Waals surface area (Å²) < 4.78 is 14.9. The molecule has 1 aromatic heterocycles. The van der Waals surface area contributed by atoms with Gasteiger partial charge in [0.05, 0.1) is 21.2 Å². The van der Waals surface area contributed by atoms with Gasteiger partial charge in [0.25, 0.3) is 0 Å². The Morgan fingerprint density at radius 3 is 2.52 bits per heavy atom.